The van der Waals surface area contributed by atoms with Crippen molar-refractivity contribution in [3.05, 3.63) is 12.1 Å². The van der Waals surface area contributed by atoms with Crippen LogP contribution in [0.4, 0.5) is 22.7 Å². The lowest BCUT2D eigenvalue weighted by Crippen LogP contribution is -2.28. The Labute approximate surface area is 180 Å². The Hall–Kier alpha value is -1.36. The highest BCUT2D eigenvalue weighted by molar-refractivity contribution is 6.18. The lowest BCUT2D eigenvalue weighted by molar-refractivity contribution is 0.458. The third-order valence-electron chi connectivity index (χ3n) is 7.35. The van der Waals surface area contributed by atoms with Gasteiger partial charge in [-0.15, -0.1) is 0 Å². The Kier molecular flexibility index (Phi) is 7.64. The van der Waals surface area contributed by atoms with Gasteiger partial charge < -0.3 is 20.9 Å². The van der Waals surface area contributed by atoms with Gasteiger partial charge in [-0.25, -0.2) is 0 Å². The minimum Gasteiger partial charge on any atom is -0.417 e. The molecule has 0 aromatic heterocycles. The molecule has 0 amide bonds. The van der Waals surface area contributed by atoms with Gasteiger partial charge in [0.25, 0.3) is 0 Å². The minimum atomic E-state index is 0.618. The lowest BCUT2D eigenvalue weighted by Gasteiger charge is -2.32. The summed E-state index contributed by atoms with van der Waals surface area (Å²) in [5, 5.41) is 12.0. The van der Waals surface area contributed by atoms with Gasteiger partial charge in [0, 0.05) is 18.1 Å². The molecule has 3 fully saturated rings. The largest absolute Gasteiger partial charge is 0.417 e. The minimum absolute atomic E-state index is 0.618. The molecule has 0 atom stereocenters. The zero-order valence-corrected chi connectivity index (χ0v) is 20.5. The van der Waals surface area contributed by atoms with Crippen LogP contribution in [0, 0.1) is 0 Å². The molecule has 3 aliphatic rings. The highest BCUT2D eigenvalue weighted by Gasteiger charge is 2.23. The molecular formula is C24H42N4Si. The van der Waals surface area contributed by atoms with Crippen LogP contribution < -0.4 is 20.9 Å². The molecule has 1 aromatic carbocycles. The molecule has 0 radical (unpaired) electrons. The van der Waals surface area contributed by atoms with E-state index in [0.717, 1.165) is 10.4 Å². The molecular weight excluding hydrogens is 372 g/mol. The summed E-state index contributed by atoms with van der Waals surface area (Å²) < 4.78 is 0. The van der Waals surface area contributed by atoms with Crippen molar-refractivity contribution >= 4 is 33.2 Å². The van der Waals surface area contributed by atoms with E-state index in [9.17, 15) is 0 Å². The third-order valence-corrected chi connectivity index (χ3v) is 7.89. The van der Waals surface area contributed by atoms with Gasteiger partial charge in [0.15, 0.2) is 0 Å². The first-order valence-electron chi connectivity index (χ1n) is 12.5. The molecule has 1 aromatic rings. The van der Waals surface area contributed by atoms with Gasteiger partial charge in [0.05, 0.1) is 22.7 Å². The number of anilines is 4. The first kappa shape index (κ1) is 20.9. The molecule has 0 heterocycles. The molecule has 0 unspecified atom stereocenters. The zero-order valence-electron chi connectivity index (χ0n) is 18.5. The number of nitrogens with one attached hydrogen (secondary N) is 4. The molecule has 0 spiro atoms. The van der Waals surface area contributed by atoms with Crippen molar-refractivity contribution in [3.8, 4) is 0 Å². The van der Waals surface area contributed by atoms with E-state index in [1.165, 1.54) is 119 Å². The summed E-state index contributed by atoms with van der Waals surface area (Å²) in [6, 6.07) is 6.50. The summed E-state index contributed by atoms with van der Waals surface area (Å²) in [7, 11) is 0.973. The van der Waals surface area contributed by atoms with Gasteiger partial charge in [0.2, 0.25) is 0 Å². The number of hydrogen-bond donors (Lipinski definition) is 4. The van der Waals surface area contributed by atoms with Gasteiger partial charge in [0.1, 0.15) is 10.4 Å². The molecule has 4 N–H and O–H groups in total. The summed E-state index contributed by atoms with van der Waals surface area (Å²) in [5.41, 5.74) is 5.28. The second kappa shape index (κ2) is 10.6. The third kappa shape index (κ3) is 5.62. The van der Waals surface area contributed by atoms with Crippen LogP contribution in [-0.2, 0) is 0 Å². The number of rotatable bonds is 7. The topological polar surface area (TPSA) is 48.1 Å². The summed E-state index contributed by atoms with van der Waals surface area (Å²) in [6.45, 7) is 0. The van der Waals surface area contributed by atoms with Gasteiger partial charge in [-0.1, -0.05) is 57.8 Å². The summed E-state index contributed by atoms with van der Waals surface area (Å²) in [6.07, 6.45) is 20.3. The molecule has 0 aliphatic heterocycles. The highest BCUT2D eigenvalue weighted by atomic mass is 28.2. The number of benzene rings is 1. The number of hydrogen-bond acceptors (Lipinski definition) is 4. The standard InChI is InChI=1S/C24H42N4Si/c29-28-22-17-16-21(25-18-10-4-1-5-11-18)23(26-19-12-6-2-7-13-19)24(22)27-20-14-8-3-9-15-20/h16-20,25-28H,1-15H2,29H3. The average molecular weight is 415 g/mol. The van der Waals surface area contributed by atoms with Crippen LogP contribution in [0.1, 0.15) is 96.3 Å². The van der Waals surface area contributed by atoms with Crippen molar-refractivity contribution in [3.63, 3.8) is 0 Å². The fourth-order valence-corrected chi connectivity index (χ4v) is 6.02. The van der Waals surface area contributed by atoms with Gasteiger partial charge in [-0.3, -0.25) is 0 Å². The maximum Gasteiger partial charge on any atom is 0.104 e. The lowest BCUT2D eigenvalue weighted by atomic mass is 9.93. The monoisotopic (exact) mass is 414 g/mol. The van der Waals surface area contributed by atoms with E-state index in [1.807, 2.05) is 0 Å². The second-order valence-corrected chi connectivity index (χ2v) is 10.1. The van der Waals surface area contributed by atoms with E-state index < -0.39 is 0 Å². The van der Waals surface area contributed by atoms with Crippen molar-refractivity contribution in [2.24, 2.45) is 0 Å². The van der Waals surface area contributed by atoms with Crippen molar-refractivity contribution in [2.45, 2.75) is 114 Å². The van der Waals surface area contributed by atoms with Crippen LogP contribution in [0.3, 0.4) is 0 Å². The first-order valence-corrected chi connectivity index (χ1v) is 13.5. The van der Waals surface area contributed by atoms with Crippen LogP contribution in [0.15, 0.2) is 12.1 Å². The smallest absolute Gasteiger partial charge is 0.104 e. The molecule has 5 heteroatoms. The quantitative estimate of drug-likeness (QED) is 0.438. The molecule has 162 valence electrons. The van der Waals surface area contributed by atoms with Crippen molar-refractivity contribution in [1.29, 1.82) is 0 Å². The SMILES string of the molecule is [SiH3]Nc1ccc(NC2CCCCC2)c(NC2CCCCC2)c1NC1CCCCC1. The summed E-state index contributed by atoms with van der Waals surface area (Å²) >= 11 is 0. The summed E-state index contributed by atoms with van der Waals surface area (Å²) in [4.78, 5) is 3.60. The van der Waals surface area contributed by atoms with Crippen LogP contribution >= 0.6 is 0 Å². The molecule has 0 saturated heterocycles. The van der Waals surface area contributed by atoms with E-state index in [1.54, 1.807) is 0 Å². The van der Waals surface area contributed by atoms with E-state index in [4.69, 9.17) is 0 Å². The maximum absolute atomic E-state index is 4.02. The van der Waals surface area contributed by atoms with Crippen LogP contribution in [0.2, 0.25) is 0 Å². The van der Waals surface area contributed by atoms with Gasteiger partial charge in [-0.05, 0) is 50.7 Å². The van der Waals surface area contributed by atoms with Gasteiger partial charge in [-0.2, -0.15) is 0 Å². The molecule has 0 bridgehead atoms. The van der Waals surface area contributed by atoms with Crippen molar-refractivity contribution < 1.29 is 0 Å². The normalized spacial score (nSPS) is 22.3. The highest BCUT2D eigenvalue weighted by Crippen LogP contribution is 2.41. The maximum atomic E-state index is 4.02. The predicted octanol–water partition coefficient (Wildman–Crippen LogP) is 5.61. The van der Waals surface area contributed by atoms with E-state index >= 15 is 0 Å². The Morgan fingerprint density at radius 1 is 0.517 bits per heavy atom. The zero-order chi connectivity index (χ0) is 19.9. The Balaban J connectivity index is 1.61. The molecule has 4 rings (SSSR count). The Morgan fingerprint density at radius 2 is 0.897 bits per heavy atom. The van der Waals surface area contributed by atoms with Crippen LogP contribution in [0.25, 0.3) is 0 Å². The second-order valence-electron chi connectivity index (χ2n) is 9.60. The fourth-order valence-electron chi connectivity index (χ4n) is 5.60. The van der Waals surface area contributed by atoms with Crippen molar-refractivity contribution in [2.75, 3.05) is 20.9 Å². The van der Waals surface area contributed by atoms with E-state index in [0.29, 0.717) is 18.1 Å². The van der Waals surface area contributed by atoms with E-state index in [2.05, 4.69) is 33.1 Å². The summed E-state index contributed by atoms with van der Waals surface area (Å²) in [5.74, 6) is 0. The molecule has 3 aliphatic carbocycles. The average Bonchev–Trinajstić information content (AvgIpc) is 2.78. The van der Waals surface area contributed by atoms with Crippen LogP contribution in [-0.4, -0.2) is 28.5 Å². The molecule has 29 heavy (non-hydrogen) atoms. The van der Waals surface area contributed by atoms with Gasteiger partial charge >= 0.3 is 0 Å². The van der Waals surface area contributed by atoms with Crippen LogP contribution in [0.5, 0.6) is 0 Å². The molecule has 4 nitrogen and oxygen atoms in total. The predicted molar refractivity (Wildman–Crippen MR) is 131 cm³/mol. The molecule has 3 saturated carbocycles. The van der Waals surface area contributed by atoms with E-state index in [-0.39, 0.29) is 0 Å². The Morgan fingerprint density at radius 3 is 1.34 bits per heavy atom. The first-order chi connectivity index (χ1) is 14.3. The Bertz CT molecular complexity index is 632. The fraction of sp³-hybridized carbons (Fsp3) is 0.750. The van der Waals surface area contributed by atoms with Crippen molar-refractivity contribution in [1.82, 2.24) is 0 Å².